The summed E-state index contributed by atoms with van der Waals surface area (Å²) in [5, 5.41) is 13.2. The quantitative estimate of drug-likeness (QED) is 0.708. The van der Waals surface area contributed by atoms with Gasteiger partial charge in [0.2, 0.25) is 0 Å². The minimum atomic E-state index is -0.503. The third-order valence-electron chi connectivity index (χ3n) is 2.79. The van der Waals surface area contributed by atoms with E-state index in [0.717, 1.165) is 21.7 Å². The summed E-state index contributed by atoms with van der Waals surface area (Å²) in [5.41, 5.74) is 1.17. The van der Waals surface area contributed by atoms with E-state index < -0.39 is 6.10 Å². The molecule has 0 heterocycles. The van der Waals surface area contributed by atoms with Gasteiger partial charge in [0, 0.05) is 18.3 Å². The first-order valence-corrected chi connectivity index (χ1v) is 8.85. The first kappa shape index (κ1) is 17.8. The Hall–Kier alpha value is -0.230. The van der Waals surface area contributed by atoms with Crippen LogP contribution in [0.5, 0.6) is 5.75 Å². The molecule has 0 radical (unpaired) electrons. The van der Waals surface area contributed by atoms with Crippen molar-refractivity contribution in [3.8, 4) is 5.75 Å². The van der Waals surface area contributed by atoms with Gasteiger partial charge in [-0.3, -0.25) is 0 Å². The van der Waals surface area contributed by atoms with E-state index in [0.29, 0.717) is 19.2 Å². The highest BCUT2D eigenvalue weighted by molar-refractivity contribution is 9.10. The van der Waals surface area contributed by atoms with E-state index in [-0.39, 0.29) is 0 Å². The molecule has 3 nitrogen and oxygen atoms in total. The summed E-state index contributed by atoms with van der Waals surface area (Å²) in [6, 6.07) is 6.32. The zero-order chi connectivity index (χ0) is 15.0. The molecule has 20 heavy (non-hydrogen) atoms. The molecule has 0 saturated heterocycles. The molecular weight excluding hydrogens is 338 g/mol. The van der Waals surface area contributed by atoms with Gasteiger partial charge >= 0.3 is 0 Å². The first-order valence-electron chi connectivity index (χ1n) is 6.91. The van der Waals surface area contributed by atoms with Crippen LogP contribution >= 0.6 is 27.7 Å². The molecular formula is C15H24BrNO2S. The van der Waals surface area contributed by atoms with Crippen molar-refractivity contribution in [2.45, 2.75) is 32.9 Å². The van der Waals surface area contributed by atoms with E-state index in [2.05, 4.69) is 35.1 Å². The number of benzene rings is 1. The van der Waals surface area contributed by atoms with Gasteiger partial charge in [0.1, 0.15) is 18.5 Å². The number of ether oxygens (including phenoxy) is 1. The number of rotatable bonds is 9. The second-order valence-corrected chi connectivity index (χ2v) is 7.04. The average molecular weight is 362 g/mol. The Morgan fingerprint density at radius 3 is 2.85 bits per heavy atom. The largest absolute Gasteiger partial charge is 0.490 e. The molecule has 0 fully saturated rings. The number of hydrogen-bond donors (Lipinski definition) is 2. The van der Waals surface area contributed by atoms with Crippen LogP contribution in [0.15, 0.2) is 22.7 Å². The van der Waals surface area contributed by atoms with E-state index in [4.69, 9.17) is 4.74 Å². The minimum absolute atomic E-state index is 0.294. The first-order chi connectivity index (χ1) is 9.52. The van der Waals surface area contributed by atoms with Gasteiger partial charge < -0.3 is 15.2 Å². The number of aliphatic hydroxyl groups is 1. The van der Waals surface area contributed by atoms with E-state index in [9.17, 15) is 5.11 Å². The standard InChI is InChI=1S/C15H24BrNO2S/c1-4-20-10-12(3)17-8-13(18)9-19-15-6-5-11(2)7-14(15)16/h5-7,12-13,17-18H,4,8-10H2,1-3H3. The third kappa shape index (κ3) is 6.97. The Morgan fingerprint density at radius 2 is 2.20 bits per heavy atom. The monoisotopic (exact) mass is 361 g/mol. The third-order valence-corrected chi connectivity index (χ3v) is 4.56. The zero-order valence-electron chi connectivity index (χ0n) is 12.4. The van der Waals surface area contributed by atoms with Crippen LogP contribution in [0.3, 0.4) is 0 Å². The molecule has 2 N–H and O–H groups in total. The Balaban J connectivity index is 2.27. The van der Waals surface area contributed by atoms with Gasteiger partial charge in [0.05, 0.1) is 4.47 Å². The van der Waals surface area contributed by atoms with E-state index in [1.807, 2.05) is 36.9 Å². The summed E-state index contributed by atoms with van der Waals surface area (Å²) in [4.78, 5) is 0. The summed E-state index contributed by atoms with van der Waals surface area (Å²) in [5.74, 6) is 2.96. The fraction of sp³-hybridized carbons (Fsp3) is 0.600. The van der Waals surface area contributed by atoms with Gasteiger partial charge in [0.15, 0.2) is 0 Å². The lowest BCUT2D eigenvalue weighted by molar-refractivity contribution is 0.104. The molecule has 0 aliphatic carbocycles. The molecule has 1 rings (SSSR count). The van der Waals surface area contributed by atoms with Gasteiger partial charge in [-0.1, -0.05) is 13.0 Å². The summed E-state index contributed by atoms with van der Waals surface area (Å²) in [6.45, 7) is 7.16. The van der Waals surface area contributed by atoms with Crippen LogP contribution in [-0.2, 0) is 0 Å². The van der Waals surface area contributed by atoms with Gasteiger partial charge in [-0.25, -0.2) is 0 Å². The molecule has 0 bridgehead atoms. The minimum Gasteiger partial charge on any atom is -0.490 e. The van der Waals surface area contributed by atoms with Crippen molar-refractivity contribution < 1.29 is 9.84 Å². The molecule has 0 aliphatic heterocycles. The molecule has 5 heteroatoms. The predicted molar refractivity (Wildman–Crippen MR) is 90.8 cm³/mol. The topological polar surface area (TPSA) is 41.5 Å². The maximum Gasteiger partial charge on any atom is 0.133 e. The number of nitrogens with one attached hydrogen (secondary N) is 1. The smallest absolute Gasteiger partial charge is 0.133 e. The number of halogens is 1. The highest BCUT2D eigenvalue weighted by Crippen LogP contribution is 2.25. The molecule has 1 aromatic carbocycles. The molecule has 2 atom stereocenters. The molecule has 0 aromatic heterocycles. The molecule has 0 spiro atoms. The van der Waals surface area contributed by atoms with Crippen molar-refractivity contribution in [3.05, 3.63) is 28.2 Å². The van der Waals surface area contributed by atoms with E-state index in [1.165, 1.54) is 5.56 Å². The van der Waals surface area contributed by atoms with Crippen LogP contribution < -0.4 is 10.1 Å². The normalized spacial score (nSPS) is 14.1. The van der Waals surface area contributed by atoms with Crippen molar-refractivity contribution in [1.29, 1.82) is 0 Å². The second-order valence-electron chi connectivity index (χ2n) is 4.87. The van der Waals surface area contributed by atoms with Crippen LogP contribution in [0.4, 0.5) is 0 Å². The van der Waals surface area contributed by atoms with Crippen molar-refractivity contribution in [2.75, 3.05) is 24.7 Å². The van der Waals surface area contributed by atoms with Gasteiger partial charge in [-0.2, -0.15) is 11.8 Å². The van der Waals surface area contributed by atoms with Crippen molar-refractivity contribution in [1.82, 2.24) is 5.32 Å². The van der Waals surface area contributed by atoms with Gasteiger partial charge in [-0.05, 0) is 53.2 Å². The second kappa shape index (κ2) is 9.66. The predicted octanol–water partition coefficient (Wildman–Crippen LogP) is 3.23. The molecule has 0 saturated carbocycles. The Bertz CT molecular complexity index is 403. The maximum atomic E-state index is 9.92. The van der Waals surface area contributed by atoms with Crippen LogP contribution in [0, 0.1) is 6.92 Å². The number of hydrogen-bond acceptors (Lipinski definition) is 4. The Kier molecular flexibility index (Phi) is 8.61. The number of aryl methyl sites for hydroxylation is 1. The zero-order valence-corrected chi connectivity index (χ0v) is 14.8. The maximum absolute atomic E-state index is 9.92. The molecule has 1 aromatic rings. The summed E-state index contributed by atoms with van der Waals surface area (Å²) < 4.78 is 6.55. The molecule has 114 valence electrons. The summed E-state index contributed by atoms with van der Waals surface area (Å²) >= 11 is 5.36. The highest BCUT2D eigenvalue weighted by Gasteiger charge is 2.09. The van der Waals surface area contributed by atoms with E-state index >= 15 is 0 Å². The Labute approximate surface area is 134 Å². The van der Waals surface area contributed by atoms with Crippen molar-refractivity contribution in [2.24, 2.45) is 0 Å². The summed E-state index contributed by atoms with van der Waals surface area (Å²) in [6.07, 6.45) is -0.503. The van der Waals surface area contributed by atoms with Crippen LogP contribution in [0.2, 0.25) is 0 Å². The van der Waals surface area contributed by atoms with Crippen molar-refractivity contribution in [3.63, 3.8) is 0 Å². The summed E-state index contributed by atoms with van der Waals surface area (Å²) in [7, 11) is 0. The van der Waals surface area contributed by atoms with Gasteiger partial charge in [0.25, 0.3) is 0 Å². The van der Waals surface area contributed by atoms with Crippen LogP contribution in [0.25, 0.3) is 0 Å². The lowest BCUT2D eigenvalue weighted by atomic mass is 10.2. The molecule has 0 amide bonds. The van der Waals surface area contributed by atoms with Crippen LogP contribution in [-0.4, -0.2) is 41.9 Å². The van der Waals surface area contributed by atoms with Crippen molar-refractivity contribution >= 4 is 27.7 Å². The van der Waals surface area contributed by atoms with Gasteiger partial charge in [-0.15, -0.1) is 0 Å². The average Bonchev–Trinajstić information content (AvgIpc) is 2.41. The SMILES string of the molecule is CCSCC(C)NCC(O)COc1ccc(C)cc1Br. The lowest BCUT2D eigenvalue weighted by Crippen LogP contribution is -2.37. The number of thioether (sulfide) groups is 1. The number of aliphatic hydroxyl groups excluding tert-OH is 1. The fourth-order valence-corrected chi connectivity index (χ4v) is 2.97. The molecule has 2 unspecified atom stereocenters. The fourth-order valence-electron chi connectivity index (χ4n) is 1.66. The molecule has 0 aliphatic rings. The van der Waals surface area contributed by atoms with E-state index in [1.54, 1.807) is 0 Å². The Morgan fingerprint density at radius 1 is 1.45 bits per heavy atom. The highest BCUT2D eigenvalue weighted by atomic mass is 79.9. The van der Waals surface area contributed by atoms with Crippen LogP contribution in [0.1, 0.15) is 19.4 Å². The lowest BCUT2D eigenvalue weighted by Gasteiger charge is -2.17.